The molecule has 1 rings (SSSR count). The molecule has 0 bridgehead atoms. The molecule has 1 aliphatic rings. The minimum Gasteiger partial charge on any atom is -0.495 e. The van der Waals surface area contributed by atoms with Crippen molar-refractivity contribution in [1.29, 1.82) is 0 Å². The molecule has 0 N–H and O–H groups in total. The van der Waals surface area contributed by atoms with Crippen molar-refractivity contribution in [3.05, 3.63) is 24.5 Å². The Hall–Kier alpha value is -0.760. The zero-order valence-electron chi connectivity index (χ0n) is 30.9. The Kier molecular flexibility index (Phi) is 29.0. The first-order chi connectivity index (χ1) is 21.6. The monoisotopic (exact) mass is 616 g/mol. The summed E-state index contributed by atoms with van der Waals surface area (Å²) in [5.41, 5.74) is 0. The summed E-state index contributed by atoms with van der Waals surface area (Å²) in [6.45, 7) is 13.7. The quantitative estimate of drug-likeness (QED) is 0.0424. The van der Waals surface area contributed by atoms with Crippen molar-refractivity contribution >= 4 is 0 Å². The molecule has 0 aliphatic carbocycles. The number of likely N-dealkylation sites (tertiary alicyclic amines) is 1. The lowest BCUT2D eigenvalue weighted by atomic mass is 9.94. The molecule has 1 aliphatic heterocycles. The fraction of sp³-hybridized carbons (Fsp3) is 0.905. The first-order valence-electron chi connectivity index (χ1n) is 20.3. The Balaban J connectivity index is 2.19. The molecule has 260 valence electrons. The average molecular weight is 616 g/mol. The van der Waals surface area contributed by atoms with Crippen molar-refractivity contribution in [3.63, 3.8) is 0 Å². The van der Waals surface area contributed by atoms with Crippen LogP contribution < -0.4 is 0 Å². The number of nitrogens with zero attached hydrogens (tertiary/aromatic N) is 1. The number of piperidine rings is 1. The van der Waals surface area contributed by atoms with E-state index in [2.05, 4.69) is 51.4 Å². The van der Waals surface area contributed by atoms with Crippen LogP contribution in [-0.2, 0) is 4.74 Å². The molecular formula is C42H81NO. The summed E-state index contributed by atoms with van der Waals surface area (Å²) in [5.74, 6) is 2.50. The fourth-order valence-electron chi connectivity index (χ4n) is 7.03. The zero-order valence-corrected chi connectivity index (χ0v) is 30.9. The molecule has 44 heavy (non-hydrogen) atoms. The SMILES string of the molecule is C=C(OC(CCCCCCCCCC)CCCCCCCCCCCC(/C=C\CCCCC)CCCC)C1CCN(C)CC1. The Morgan fingerprint density at radius 3 is 1.57 bits per heavy atom. The van der Waals surface area contributed by atoms with Crippen LogP contribution in [0, 0.1) is 11.8 Å². The second-order valence-electron chi connectivity index (χ2n) is 14.6. The van der Waals surface area contributed by atoms with Crippen LogP contribution in [-0.4, -0.2) is 31.1 Å². The van der Waals surface area contributed by atoms with Gasteiger partial charge in [-0.1, -0.05) is 161 Å². The van der Waals surface area contributed by atoms with E-state index in [0.717, 1.165) is 11.7 Å². The van der Waals surface area contributed by atoms with Crippen molar-refractivity contribution in [2.45, 2.75) is 213 Å². The average Bonchev–Trinajstić information content (AvgIpc) is 3.03. The van der Waals surface area contributed by atoms with Gasteiger partial charge < -0.3 is 9.64 Å². The Labute approximate surface area is 278 Å². The van der Waals surface area contributed by atoms with Gasteiger partial charge in [-0.25, -0.2) is 0 Å². The first-order valence-corrected chi connectivity index (χ1v) is 20.3. The number of ether oxygens (including phenoxy) is 1. The van der Waals surface area contributed by atoms with Gasteiger partial charge in [0.1, 0.15) is 0 Å². The summed E-state index contributed by atoms with van der Waals surface area (Å²) in [6.07, 6.45) is 45.1. The third-order valence-corrected chi connectivity index (χ3v) is 10.3. The van der Waals surface area contributed by atoms with Crippen molar-refractivity contribution in [2.75, 3.05) is 20.1 Å². The van der Waals surface area contributed by atoms with Gasteiger partial charge in [-0.15, -0.1) is 0 Å². The number of allylic oxidation sites excluding steroid dienone is 3. The Bertz CT molecular complexity index is 634. The molecule has 0 spiro atoms. The van der Waals surface area contributed by atoms with E-state index in [1.54, 1.807) is 0 Å². The Morgan fingerprint density at radius 1 is 0.614 bits per heavy atom. The highest BCUT2D eigenvalue weighted by Crippen LogP contribution is 2.28. The summed E-state index contributed by atoms with van der Waals surface area (Å²) in [4.78, 5) is 2.45. The maximum Gasteiger partial charge on any atom is 0.0982 e. The molecule has 2 atom stereocenters. The van der Waals surface area contributed by atoms with E-state index in [1.807, 2.05) is 0 Å². The number of hydrogen-bond donors (Lipinski definition) is 0. The van der Waals surface area contributed by atoms with Crippen LogP contribution in [0.25, 0.3) is 0 Å². The number of hydrogen-bond acceptors (Lipinski definition) is 2. The fourth-order valence-corrected chi connectivity index (χ4v) is 7.03. The molecular weight excluding hydrogens is 534 g/mol. The van der Waals surface area contributed by atoms with Crippen LogP contribution in [0.5, 0.6) is 0 Å². The highest BCUT2D eigenvalue weighted by molar-refractivity contribution is 4.95. The van der Waals surface area contributed by atoms with Gasteiger partial charge in [0.15, 0.2) is 0 Å². The smallest absolute Gasteiger partial charge is 0.0982 e. The maximum atomic E-state index is 6.63. The Morgan fingerprint density at radius 2 is 1.05 bits per heavy atom. The van der Waals surface area contributed by atoms with Crippen LogP contribution in [0.4, 0.5) is 0 Å². The first kappa shape index (κ1) is 41.3. The predicted molar refractivity (Wildman–Crippen MR) is 199 cm³/mol. The van der Waals surface area contributed by atoms with Gasteiger partial charge in [0.05, 0.1) is 11.9 Å². The summed E-state index contributed by atoms with van der Waals surface area (Å²) in [6, 6.07) is 0. The van der Waals surface area contributed by atoms with Gasteiger partial charge in [0.25, 0.3) is 0 Å². The van der Waals surface area contributed by atoms with Crippen molar-refractivity contribution in [2.24, 2.45) is 11.8 Å². The predicted octanol–water partition coefficient (Wildman–Crippen LogP) is 14.0. The van der Waals surface area contributed by atoms with E-state index in [1.165, 1.54) is 199 Å². The van der Waals surface area contributed by atoms with Crippen LogP contribution in [0.2, 0.25) is 0 Å². The molecule has 0 aromatic carbocycles. The highest BCUT2D eigenvalue weighted by Gasteiger charge is 2.22. The lowest BCUT2D eigenvalue weighted by Crippen LogP contribution is -2.31. The molecule has 1 saturated heterocycles. The second-order valence-corrected chi connectivity index (χ2v) is 14.6. The molecule has 1 fully saturated rings. The van der Waals surface area contributed by atoms with Crippen LogP contribution in [0.1, 0.15) is 207 Å². The number of rotatable bonds is 32. The largest absolute Gasteiger partial charge is 0.495 e. The summed E-state index contributed by atoms with van der Waals surface area (Å²) < 4.78 is 6.63. The molecule has 2 heteroatoms. The molecule has 0 aromatic heterocycles. The standard InChI is InChI=1S/C42H81NO/c1-6-9-12-14-15-20-24-28-33-42(44-39(4)41-35-37-43(5)38-36-41)34-29-25-21-18-16-17-19-23-27-32-40(30-11-8-3)31-26-22-13-10-7-2/h26,31,40-42H,4,6-25,27-30,32-38H2,1-3,5H3/b31-26-. The van der Waals surface area contributed by atoms with Gasteiger partial charge in [0, 0.05) is 5.92 Å². The third kappa shape index (κ3) is 24.5. The van der Waals surface area contributed by atoms with E-state index >= 15 is 0 Å². The van der Waals surface area contributed by atoms with Crippen LogP contribution in [0.3, 0.4) is 0 Å². The van der Waals surface area contributed by atoms with Crippen molar-refractivity contribution in [1.82, 2.24) is 4.90 Å². The van der Waals surface area contributed by atoms with Crippen LogP contribution in [0.15, 0.2) is 24.5 Å². The van der Waals surface area contributed by atoms with E-state index in [0.29, 0.717) is 12.0 Å². The summed E-state index contributed by atoms with van der Waals surface area (Å²) in [5, 5.41) is 0. The topological polar surface area (TPSA) is 12.5 Å². The minimum absolute atomic E-state index is 0.398. The summed E-state index contributed by atoms with van der Waals surface area (Å²) >= 11 is 0. The van der Waals surface area contributed by atoms with Gasteiger partial charge in [0.2, 0.25) is 0 Å². The molecule has 2 nitrogen and oxygen atoms in total. The van der Waals surface area contributed by atoms with Crippen LogP contribution >= 0.6 is 0 Å². The molecule has 1 heterocycles. The highest BCUT2D eigenvalue weighted by atomic mass is 16.5. The van der Waals surface area contributed by atoms with E-state index in [9.17, 15) is 0 Å². The van der Waals surface area contributed by atoms with E-state index in [4.69, 9.17) is 4.74 Å². The lowest BCUT2D eigenvalue weighted by molar-refractivity contribution is 0.0628. The second kappa shape index (κ2) is 30.9. The zero-order chi connectivity index (χ0) is 31.9. The third-order valence-electron chi connectivity index (χ3n) is 10.3. The normalized spacial score (nSPS) is 16.1. The summed E-state index contributed by atoms with van der Waals surface area (Å²) in [7, 11) is 2.24. The molecule has 2 unspecified atom stereocenters. The lowest BCUT2D eigenvalue weighted by Gasteiger charge is -2.32. The van der Waals surface area contributed by atoms with E-state index < -0.39 is 0 Å². The minimum atomic E-state index is 0.398. The van der Waals surface area contributed by atoms with Gasteiger partial charge >= 0.3 is 0 Å². The van der Waals surface area contributed by atoms with Crippen molar-refractivity contribution < 1.29 is 4.74 Å². The van der Waals surface area contributed by atoms with Gasteiger partial charge in [-0.3, -0.25) is 0 Å². The molecule has 0 saturated carbocycles. The van der Waals surface area contributed by atoms with Gasteiger partial charge in [-0.2, -0.15) is 0 Å². The number of unbranched alkanes of at least 4 members (excludes halogenated alkanes) is 19. The van der Waals surface area contributed by atoms with Gasteiger partial charge in [-0.05, 0) is 90.3 Å². The van der Waals surface area contributed by atoms with E-state index in [-0.39, 0.29) is 0 Å². The maximum absolute atomic E-state index is 6.63. The molecule has 0 amide bonds. The molecule has 0 aromatic rings. The molecule has 0 radical (unpaired) electrons. The van der Waals surface area contributed by atoms with Crippen molar-refractivity contribution in [3.8, 4) is 0 Å².